The van der Waals surface area contributed by atoms with Gasteiger partial charge in [0, 0.05) is 35.6 Å². The molecule has 0 saturated heterocycles. The second-order valence-corrected chi connectivity index (χ2v) is 8.96. The van der Waals surface area contributed by atoms with Crippen LogP contribution in [0.1, 0.15) is 32.6 Å². The number of ketones is 1. The van der Waals surface area contributed by atoms with Crippen molar-refractivity contribution in [3.63, 3.8) is 0 Å². The molecular weight excluding hydrogens is 470 g/mol. The average Bonchev–Trinajstić information content (AvgIpc) is 3.51. The Kier molecular flexibility index (Phi) is 7.80. The van der Waals surface area contributed by atoms with Crippen LogP contribution >= 0.6 is 0 Å². The molecule has 5 aromatic rings. The minimum atomic E-state index is -0.0486. The fourth-order valence-electron chi connectivity index (χ4n) is 4.35. The van der Waals surface area contributed by atoms with E-state index in [1.807, 2.05) is 114 Å². The molecule has 0 amide bonds. The summed E-state index contributed by atoms with van der Waals surface area (Å²) in [6.45, 7) is 0.353. The lowest BCUT2D eigenvalue weighted by Gasteiger charge is -2.14. The fraction of sp³-hybridized carbons (Fsp3) is 0.0882. The number of aromatic nitrogens is 1. The van der Waals surface area contributed by atoms with Gasteiger partial charge in [0.1, 0.15) is 18.1 Å². The van der Waals surface area contributed by atoms with E-state index in [-0.39, 0.29) is 5.78 Å². The van der Waals surface area contributed by atoms with Crippen molar-refractivity contribution in [2.24, 2.45) is 0 Å². The Balaban J connectivity index is 1.28. The van der Waals surface area contributed by atoms with Gasteiger partial charge in [-0.1, -0.05) is 60.7 Å². The number of ether oxygens (including phenoxy) is 2. The highest BCUT2D eigenvalue weighted by molar-refractivity contribution is 6.06. The van der Waals surface area contributed by atoms with Crippen molar-refractivity contribution in [2.75, 3.05) is 7.11 Å². The van der Waals surface area contributed by atoms with Crippen molar-refractivity contribution in [3.8, 4) is 17.2 Å². The van der Waals surface area contributed by atoms with Gasteiger partial charge >= 0.3 is 0 Å². The summed E-state index contributed by atoms with van der Waals surface area (Å²) in [5.74, 6) is 1.54. The van der Waals surface area contributed by atoms with Crippen molar-refractivity contribution >= 4 is 11.9 Å². The summed E-state index contributed by atoms with van der Waals surface area (Å²) >= 11 is 0. The number of nitrogens with zero attached hydrogens (tertiary/aromatic N) is 1. The summed E-state index contributed by atoms with van der Waals surface area (Å²) in [4.78, 5) is 12.8. The normalized spacial score (nSPS) is 11.0. The number of allylic oxidation sites excluding steroid dienone is 1. The summed E-state index contributed by atoms with van der Waals surface area (Å²) < 4.78 is 13.8. The lowest BCUT2D eigenvalue weighted by atomic mass is 10.0. The van der Waals surface area contributed by atoms with Crippen molar-refractivity contribution in [1.29, 1.82) is 0 Å². The van der Waals surface area contributed by atoms with E-state index >= 15 is 0 Å². The fourth-order valence-corrected chi connectivity index (χ4v) is 4.35. The van der Waals surface area contributed by atoms with Gasteiger partial charge in [-0.25, -0.2) is 0 Å². The molecule has 0 fully saturated rings. The minimum absolute atomic E-state index is 0.0486. The first-order chi connectivity index (χ1) is 18.7. The van der Waals surface area contributed by atoms with Crippen LogP contribution in [-0.2, 0) is 13.0 Å². The Morgan fingerprint density at radius 3 is 2.26 bits per heavy atom. The van der Waals surface area contributed by atoms with Gasteiger partial charge in [-0.05, 0) is 77.4 Å². The molecule has 0 aliphatic heterocycles. The zero-order chi connectivity index (χ0) is 26.2. The Hall–Kier alpha value is -4.83. The summed E-state index contributed by atoms with van der Waals surface area (Å²) in [6.07, 6.45) is 8.18. The molecule has 4 heteroatoms. The van der Waals surface area contributed by atoms with Gasteiger partial charge in [0.05, 0.1) is 7.11 Å². The zero-order valence-corrected chi connectivity index (χ0v) is 21.3. The van der Waals surface area contributed by atoms with Crippen LogP contribution in [0, 0.1) is 0 Å². The van der Waals surface area contributed by atoms with Gasteiger partial charge in [-0.2, -0.15) is 0 Å². The first-order valence-electron chi connectivity index (χ1n) is 12.6. The van der Waals surface area contributed by atoms with E-state index in [2.05, 4.69) is 18.2 Å². The van der Waals surface area contributed by atoms with Crippen molar-refractivity contribution in [1.82, 2.24) is 4.57 Å². The van der Waals surface area contributed by atoms with Crippen molar-refractivity contribution < 1.29 is 14.3 Å². The van der Waals surface area contributed by atoms with E-state index in [1.165, 1.54) is 5.56 Å². The quantitative estimate of drug-likeness (QED) is 0.147. The number of benzene rings is 4. The molecule has 4 aromatic carbocycles. The van der Waals surface area contributed by atoms with E-state index in [0.717, 1.165) is 40.3 Å². The first-order valence-corrected chi connectivity index (χ1v) is 12.6. The highest BCUT2D eigenvalue weighted by Crippen LogP contribution is 2.26. The Labute approximate surface area is 223 Å². The van der Waals surface area contributed by atoms with Crippen molar-refractivity contribution in [3.05, 3.63) is 155 Å². The van der Waals surface area contributed by atoms with E-state index in [1.54, 1.807) is 13.2 Å². The summed E-state index contributed by atoms with van der Waals surface area (Å²) in [5.41, 5.74) is 5.83. The first kappa shape index (κ1) is 24.8. The third kappa shape index (κ3) is 6.11. The number of hydrogen-bond acceptors (Lipinski definition) is 3. The van der Waals surface area contributed by atoms with Crippen LogP contribution in [0.5, 0.6) is 11.5 Å². The molecule has 1 aromatic heterocycles. The molecule has 0 atom stereocenters. The highest BCUT2D eigenvalue weighted by Gasteiger charge is 2.09. The second kappa shape index (κ2) is 11.9. The highest BCUT2D eigenvalue weighted by atomic mass is 16.5. The number of hydrogen-bond donors (Lipinski definition) is 0. The Bertz CT molecular complexity index is 1520. The molecule has 5 rings (SSSR count). The Morgan fingerprint density at radius 2 is 1.50 bits per heavy atom. The van der Waals surface area contributed by atoms with E-state index in [9.17, 15) is 4.79 Å². The molecule has 0 bridgehead atoms. The largest absolute Gasteiger partial charge is 0.496 e. The molecule has 4 nitrogen and oxygen atoms in total. The predicted octanol–water partition coefficient (Wildman–Crippen LogP) is 7.55. The van der Waals surface area contributed by atoms with E-state index in [0.29, 0.717) is 12.2 Å². The van der Waals surface area contributed by atoms with Gasteiger partial charge in [0.15, 0.2) is 5.78 Å². The molecule has 0 unspecified atom stereocenters. The van der Waals surface area contributed by atoms with Crippen LogP contribution in [0.4, 0.5) is 0 Å². The lowest BCUT2D eigenvalue weighted by molar-refractivity contribution is 0.104. The second-order valence-electron chi connectivity index (χ2n) is 8.96. The number of para-hydroxylation sites is 1. The van der Waals surface area contributed by atoms with Gasteiger partial charge in [0.25, 0.3) is 0 Å². The molecular formula is C34H29NO3. The van der Waals surface area contributed by atoms with Gasteiger partial charge in [-0.15, -0.1) is 0 Å². The van der Waals surface area contributed by atoms with Crippen molar-refractivity contribution in [2.45, 2.75) is 13.0 Å². The van der Waals surface area contributed by atoms with Crippen LogP contribution in [-0.4, -0.2) is 17.5 Å². The topological polar surface area (TPSA) is 40.5 Å². The maximum absolute atomic E-state index is 12.8. The zero-order valence-electron chi connectivity index (χ0n) is 21.3. The molecule has 188 valence electrons. The standard InChI is InChI=1S/C34H29NO3/c1-37-33-20-14-27(13-19-32(36)28-15-17-31(18-16-28)35-21-7-8-22-35)24-30(33)25-38-34-12-6-5-11-29(34)23-26-9-3-2-4-10-26/h2-22,24H,23,25H2,1H3/b19-13+. The van der Waals surface area contributed by atoms with Gasteiger partial charge in [-0.3, -0.25) is 4.79 Å². The molecule has 0 aliphatic carbocycles. The number of rotatable bonds is 10. The molecule has 38 heavy (non-hydrogen) atoms. The molecule has 1 heterocycles. The molecule has 0 radical (unpaired) electrons. The molecule has 0 N–H and O–H groups in total. The van der Waals surface area contributed by atoms with Gasteiger partial charge in [0.2, 0.25) is 0 Å². The predicted molar refractivity (Wildman–Crippen MR) is 152 cm³/mol. The monoisotopic (exact) mass is 499 g/mol. The summed E-state index contributed by atoms with van der Waals surface area (Å²) in [5, 5.41) is 0. The Morgan fingerprint density at radius 1 is 0.763 bits per heavy atom. The van der Waals surface area contributed by atoms with Crippen LogP contribution < -0.4 is 9.47 Å². The smallest absolute Gasteiger partial charge is 0.185 e. The maximum atomic E-state index is 12.8. The number of carbonyl (C=O) groups excluding carboxylic acids is 1. The molecule has 0 aliphatic rings. The van der Waals surface area contributed by atoms with E-state index in [4.69, 9.17) is 9.47 Å². The summed E-state index contributed by atoms with van der Waals surface area (Å²) in [7, 11) is 1.65. The summed E-state index contributed by atoms with van der Waals surface area (Å²) in [6, 6.07) is 35.8. The minimum Gasteiger partial charge on any atom is -0.496 e. The molecule has 0 saturated carbocycles. The molecule has 0 spiro atoms. The third-order valence-corrected chi connectivity index (χ3v) is 6.38. The van der Waals surface area contributed by atoms with Crippen LogP contribution in [0.25, 0.3) is 11.8 Å². The van der Waals surface area contributed by atoms with Crippen LogP contribution in [0.15, 0.2) is 128 Å². The van der Waals surface area contributed by atoms with Crippen LogP contribution in [0.2, 0.25) is 0 Å². The van der Waals surface area contributed by atoms with Crippen LogP contribution in [0.3, 0.4) is 0 Å². The third-order valence-electron chi connectivity index (χ3n) is 6.38. The van der Waals surface area contributed by atoms with E-state index < -0.39 is 0 Å². The number of methoxy groups -OCH3 is 1. The maximum Gasteiger partial charge on any atom is 0.185 e. The SMILES string of the molecule is COc1ccc(/C=C/C(=O)c2ccc(-n3cccc3)cc2)cc1COc1ccccc1Cc1ccccc1. The lowest BCUT2D eigenvalue weighted by Crippen LogP contribution is -2.02. The van der Waals surface area contributed by atoms with Gasteiger partial charge < -0.3 is 14.0 Å². The number of carbonyl (C=O) groups is 1. The average molecular weight is 500 g/mol.